The van der Waals surface area contributed by atoms with Crippen LogP contribution in [0.5, 0.6) is 0 Å². The molecule has 0 saturated carbocycles. The van der Waals surface area contributed by atoms with E-state index in [9.17, 15) is 22.8 Å². The van der Waals surface area contributed by atoms with Gasteiger partial charge in [-0.05, 0) is 22.2 Å². The second-order valence-electron chi connectivity index (χ2n) is 12.8. The van der Waals surface area contributed by atoms with Crippen LogP contribution < -0.4 is 16.6 Å². The number of nitrogen functional groups attached to an aromatic ring is 1. The summed E-state index contributed by atoms with van der Waals surface area (Å²) in [7, 11) is -6.01. The maximum absolute atomic E-state index is 12.6. The van der Waals surface area contributed by atoms with Gasteiger partial charge >= 0.3 is 29.2 Å². The summed E-state index contributed by atoms with van der Waals surface area (Å²) in [4.78, 5) is 34.6. The number of hydrogen-bond acceptors (Lipinski definition) is 11. The number of nitrogens with two attached hydrogens (primary N) is 1. The number of halogens is 3. The predicted octanol–water partition coefficient (Wildman–Crippen LogP) is 3.59. The Morgan fingerprint density at radius 1 is 1.13 bits per heavy atom. The van der Waals surface area contributed by atoms with E-state index in [1.807, 2.05) is 0 Å². The van der Waals surface area contributed by atoms with E-state index in [4.69, 9.17) is 32.9 Å². The van der Waals surface area contributed by atoms with E-state index in [0.717, 1.165) is 0 Å². The molecule has 2 aromatic rings. The predicted molar refractivity (Wildman–Crippen MR) is 165 cm³/mol. The van der Waals surface area contributed by atoms with Crippen molar-refractivity contribution in [1.82, 2.24) is 24.8 Å². The van der Waals surface area contributed by atoms with Gasteiger partial charge < -0.3 is 38.2 Å². The largest absolute Gasteiger partial charge is 0.471 e. The Morgan fingerprint density at radius 3 is 2.35 bits per heavy atom. The standard InChI is InChI=1S/C27H45F3N6O8Si2/c1-14(2)45(15(3)4)41-11-18-20(43-46(44-45,16(5)6)17(7)8)21(40-13-39-10-9-32-25(38)27(28,29)30)24(42-18)36-12-33-19-22(36)34-26(31)35-23(19)37/h12,14-18,20-21,24H,9-11,13H2,1-8H3,(H,32,38)(H3,31,34,35,37)/t18-,20-,21-,24-/m1/s1. The van der Waals surface area contributed by atoms with Crippen LogP contribution in [0.3, 0.4) is 0 Å². The zero-order chi connectivity index (χ0) is 34.2. The molecule has 0 aromatic carbocycles. The Morgan fingerprint density at radius 2 is 1.76 bits per heavy atom. The minimum atomic E-state index is -5.00. The van der Waals surface area contributed by atoms with Crippen molar-refractivity contribution < 1.29 is 45.1 Å². The topological polar surface area (TPSA) is 174 Å². The minimum absolute atomic E-state index is 0.00141. The van der Waals surface area contributed by atoms with Crippen molar-refractivity contribution in [2.24, 2.45) is 0 Å². The van der Waals surface area contributed by atoms with Gasteiger partial charge in [-0.25, -0.2) is 4.98 Å². The van der Waals surface area contributed by atoms with Gasteiger partial charge in [0.15, 0.2) is 17.4 Å². The third kappa shape index (κ3) is 7.05. The van der Waals surface area contributed by atoms with Crippen molar-refractivity contribution in [3.8, 4) is 0 Å². The highest BCUT2D eigenvalue weighted by atomic mass is 28.5. The second kappa shape index (κ2) is 14.0. The summed E-state index contributed by atoms with van der Waals surface area (Å²) in [5, 5.41) is 1.75. The third-order valence-electron chi connectivity index (χ3n) is 8.48. The molecule has 0 radical (unpaired) electrons. The van der Waals surface area contributed by atoms with Crippen LogP contribution in [-0.2, 0) is 32.0 Å². The van der Waals surface area contributed by atoms with E-state index in [2.05, 4.69) is 70.3 Å². The first-order valence-corrected chi connectivity index (χ1v) is 19.3. The summed E-state index contributed by atoms with van der Waals surface area (Å²) in [6, 6.07) is 0. The Kier molecular flexibility index (Phi) is 11.1. The lowest BCUT2D eigenvalue weighted by atomic mass is 10.1. The van der Waals surface area contributed by atoms with E-state index >= 15 is 0 Å². The third-order valence-corrected chi connectivity index (χ3v) is 18.7. The van der Waals surface area contributed by atoms with E-state index < -0.39 is 59.3 Å². The molecule has 0 aliphatic carbocycles. The van der Waals surface area contributed by atoms with Crippen LogP contribution in [0.15, 0.2) is 11.1 Å². The molecule has 2 aliphatic heterocycles. The van der Waals surface area contributed by atoms with Gasteiger partial charge in [-0.1, -0.05) is 55.4 Å². The molecule has 0 bridgehead atoms. The van der Waals surface area contributed by atoms with Crippen LogP contribution in [0.25, 0.3) is 11.2 Å². The number of rotatable bonds is 11. The molecule has 1 amide bonds. The number of amides is 1. The number of hydrogen-bond donors (Lipinski definition) is 3. The number of aromatic nitrogens is 4. The lowest BCUT2D eigenvalue weighted by Crippen LogP contribution is -2.66. The summed E-state index contributed by atoms with van der Waals surface area (Å²) in [6.07, 6.45) is -6.81. The molecule has 2 saturated heterocycles. The van der Waals surface area contributed by atoms with Crippen LogP contribution in [0, 0.1) is 0 Å². The lowest BCUT2D eigenvalue weighted by molar-refractivity contribution is -0.174. The van der Waals surface area contributed by atoms with Crippen molar-refractivity contribution in [2.75, 3.05) is 32.3 Å². The van der Waals surface area contributed by atoms with Gasteiger partial charge in [0.2, 0.25) is 5.95 Å². The number of alkyl halides is 3. The minimum Gasteiger partial charge on any atom is -0.414 e. The second-order valence-corrected chi connectivity index (χ2v) is 21.7. The molecule has 0 unspecified atom stereocenters. The molecule has 19 heteroatoms. The Balaban J connectivity index is 1.70. The number of imidazole rings is 1. The Labute approximate surface area is 267 Å². The maximum atomic E-state index is 12.6. The molecule has 4 N–H and O–H groups in total. The number of carbonyl (C=O) groups excluding carboxylic acids is 1. The Bertz CT molecular complexity index is 1410. The molecular formula is C27H45F3N6O8Si2. The fourth-order valence-corrected chi connectivity index (χ4v) is 17.4. The summed E-state index contributed by atoms with van der Waals surface area (Å²) in [6.45, 7) is 15.8. The number of nitrogens with one attached hydrogen (secondary N) is 2. The quantitative estimate of drug-likeness (QED) is 0.178. The zero-order valence-corrected chi connectivity index (χ0v) is 29.3. The number of ether oxygens (including phenoxy) is 3. The van der Waals surface area contributed by atoms with Crippen molar-refractivity contribution in [2.45, 2.75) is 108 Å². The highest BCUT2D eigenvalue weighted by molar-refractivity contribution is 6.84. The van der Waals surface area contributed by atoms with Crippen LogP contribution in [0.4, 0.5) is 19.1 Å². The average molecular weight is 695 g/mol. The van der Waals surface area contributed by atoms with Crippen molar-refractivity contribution in [3.63, 3.8) is 0 Å². The highest BCUT2D eigenvalue weighted by Gasteiger charge is 2.62. The van der Waals surface area contributed by atoms with E-state index in [1.54, 1.807) is 5.32 Å². The summed E-state index contributed by atoms with van der Waals surface area (Å²) in [5.41, 5.74) is 5.73. The molecule has 14 nitrogen and oxygen atoms in total. The number of H-pyrrole nitrogens is 1. The Hall–Kier alpha value is -2.40. The lowest BCUT2D eigenvalue weighted by Gasteiger charge is -2.51. The van der Waals surface area contributed by atoms with Crippen molar-refractivity contribution in [3.05, 3.63) is 16.7 Å². The van der Waals surface area contributed by atoms with Crippen LogP contribution in [0.1, 0.15) is 61.6 Å². The molecule has 46 heavy (non-hydrogen) atoms. The van der Waals surface area contributed by atoms with Gasteiger partial charge in [0.1, 0.15) is 25.1 Å². The number of carbonyl (C=O) groups is 1. The first-order valence-electron chi connectivity index (χ1n) is 15.4. The summed E-state index contributed by atoms with van der Waals surface area (Å²) >= 11 is 0. The molecule has 4 rings (SSSR count). The van der Waals surface area contributed by atoms with Crippen LogP contribution in [0.2, 0.25) is 22.2 Å². The van der Waals surface area contributed by atoms with Gasteiger partial charge in [0.05, 0.1) is 19.5 Å². The van der Waals surface area contributed by atoms with Crippen molar-refractivity contribution >= 4 is 40.1 Å². The molecule has 4 heterocycles. The number of nitrogens with zero attached hydrogens (tertiary/aromatic N) is 3. The van der Waals surface area contributed by atoms with E-state index in [0.29, 0.717) is 0 Å². The monoisotopic (exact) mass is 694 g/mol. The summed E-state index contributed by atoms with van der Waals surface area (Å²) in [5.74, 6) is -2.18. The summed E-state index contributed by atoms with van der Waals surface area (Å²) < 4.78 is 78.7. The van der Waals surface area contributed by atoms with Gasteiger partial charge in [-0.15, -0.1) is 0 Å². The van der Waals surface area contributed by atoms with Crippen LogP contribution in [-0.4, -0.2) is 93.6 Å². The molecule has 0 spiro atoms. The van der Waals surface area contributed by atoms with Gasteiger partial charge in [0.25, 0.3) is 5.56 Å². The SMILES string of the molecule is CC(C)[Si]1(C(C)C)OC[C@H]2O[C@@H](n3cnc4c(=O)[nH]c(N)nc43)[C@H](OCOCCNC(=O)C(F)(F)F)[C@@H]2O[Si](C(C)C)(C(C)C)O1. The smallest absolute Gasteiger partial charge is 0.414 e. The molecule has 2 fully saturated rings. The number of aromatic amines is 1. The van der Waals surface area contributed by atoms with E-state index in [1.165, 1.54) is 10.9 Å². The fraction of sp³-hybridized carbons (Fsp3) is 0.778. The molecule has 2 aromatic heterocycles. The number of fused-ring (bicyclic) bond motifs is 2. The van der Waals surface area contributed by atoms with Gasteiger partial charge in [0, 0.05) is 6.54 Å². The number of anilines is 1. The molecule has 260 valence electrons. The molecule has 2 aliphatic rings. The average Bonchev–Trinajstić information content (AvgIpc) is 3.50. The van der Waals surface area contributed by atoms with Crippen molar-refractivity contribution in [1.29, 1.82) is 0 Å². The maximum Gasteiger partial charge on any atom is 0.471 e. The fourth-order valence-electron chi connectivity index (χ4n) is 6.18. The first-order chi connectivity index (χ1) is 21.4. The van der Waals surface area contributed by atoms with Crippen LogP contribution >= 0.6 is 0 Å². The normalized spacial score (nSPS) is 24.9. The molecular weight excluding hydrogens is 649 g/mol. The first kappa shape index (κ1) is 36.4. The van der Waals surface area contributed by atoms with E-state index in [-0.39, 0.29) is 65.8 Å². The van der Waals surface area contributed by atoms with Gasteiger partial charge in [-0.2, -0.15) is 18.2 Å². The zero-order valence-electron chi connectivity index (χ0n) is 27.3. The highest BCUT2D eigenvalue weighted by Crippen LogP contribution is 2.49. The molecule has 4 atom stereocenters. The van der Waals surface area contributed by atoms with Gasteiger partial charge in [-0.3, -0.25) is 19.1 Å².